The van der Waals surface area contributed by atoms with Crippen LogP contribution in [0.2, 0.25) is 5.02 Å². The van der Waals surface area contributed by atoms with Gasteiger partial charge < -0.3 is 14.6 Å². The molecule has 0 radical (unpaired) electrons. The van der Waals surface area contributed by atoms with E-state index in [4.69, 9.17) is 16.3 Å². The number of rotatable bonds is 2. The zero-order valence-electron chi connectivity index (χ0n) is 15.6. The van der Waals surface area contributed by atoms with Crippen molar-refractivity contribution >= 4 is 65.4 Å². The Labute approximate surface area is 188 Å². The molecule has 1 aromatic heterocycles. The molecule has 0 spiro atoms. The lowest BCUT2D eigenvalue weighted by Gasteiger charge is -2.44. The van der Waals surface area contributed by atoms with Crippen LogP contribution in [0.4, 0.5) is 10.6 Å². The quantitative estimate of drug-likeness (QED) is 0.476. The first kappa shape index (κ1) is 22.5. The molecule has 0 aromatic carbocycles. The highest BCUT2D eigenvalue weighted by Crippen LogP contribution is 2.45. The molecule has 1 saturated heterocycles. The number of halogens is 2. The number of carbonyl (C=O) groups is 2. The Morgan fingerprint density at radius 1 is 1.31 bits per heavy atom. The Bertz CT molecular complexity index is 827. The number of piperazine rings is 1. The number of pyridine rings is 1. The average molecular weight is 479 g/mol. The summed E-state index contributed by atoms with van der Waals surface area (Å²) in [6.07, 6.45) is 0.0797. The zero-order chi connectivity index (χ0) is 19.9. The highest BCUT2D eigenvalue weighted by molar-refractivity contribution is 8.10. The van der Waals surface area contributed by atoms with Gasteiger partial charge >= 0.3 is 6.09 Å². The van der Waals surface area contributed by atoms with Crippen molar-refractivity contribution in [3.05, 3.63) is 38.4 Å². The van der Waals surface area contributed by atoms with Crippen molar-refractivity contribution in [3.8, 4) is 0 Å². The van der Waals surface area contributed by atoms with E-state index in [1.807, 2.05) is 0 Å². The predicted octanol–water partition coefficient (Wildman–Crippen LogP) is 2.92. The van der Waals surface area contributed by atoms with Crippen molar-refractivity contribution < 1.29 is 19.0 Å². The molecule has 0 saturated carbocycles. The summed E-state index contributed by atoms with van der Waals surface area (Å²) in [5.74, 6) is 1.82. The van der Waals surface area contributed by atoms with Crippen LogP contribution in [0, 0.1) is 5.21 Å². The molecule has 158 valence electrons. The van der Waals surface area contributed by atoms with E-state index < -0.39 is 12.3 Å². The van der Waals surface area contributed by atoms with Gasteiger partial charge in [-0.25, -0.2) is 14.7 Å². The molecule has 4 rings (SSSR count). The van der Waals surface area contributed by atoms with Crippen molar-refractivity contribution in [2.75, 3.05) is 49.6 Å². The van der Waals surface area contributed by atoms with Crippen molar-refractivity contribution in [1.29, 1.82) is 0 Å². The second-order valence-electron chi connectivity index (χ2n) is 6.87. The number of likely N-dealkylation sites (N-methyl/N-ethyl adjacent to an activating group) is 1. The van der Waals surface area contributed by atoms with Crippen LogP contribution >= 0.6 is 47.5 Å². The lowest BCUT2D eigenvalue weighted by Crippen LogP contribution is -2.56. The van der Waals surface area contributed by atoms with E-state index >= 15 is 0 Å². The summed E-state index contributed by atoms with van der Waals surface area (Å²) in [5, 5.41) is 12.5. The van der Waals surface area contributed by atoms with Gasteiger partial charge in [0.15, 0.2) is 0 Å². The minimum Gasteiger partial charge on any atom is -0.633 e. The number of thioether (sulfide) groups is 2. The standard InChI is InChI=1S/C17H19ClN4O4S2.ClH/c1-22(25)6-4-20(5-7-22)17(24)26-16-14-13(27-8-9-28-14)15(23)21(16)12-3-2-11(18)10-19-12;/h2-3,10,16H,4-9H2,1H3;1H. The Hall–Kier alpha value is -1.17. The Kier molecular flexibility index (Phi) is 6.91. The number of anilines is 1. The molecule has 1 atom stereocenters. The number of hydrogen-bond acceptors (Lipinski definition) is 7. The van der Waals surface area contributed by atoms with Crippen LogP contribution < -0.4 is 4.90 Å². The lowest BCUT2D eigenvalue weighted by atomic mass is 10.3. The number of amides is 2. The summed E-state index contributed by atoms with van der Waals surface area (Å²) >= 11 is 8.92. The maximum Gasteiger partial charge on any atom is 0.412 e. The first-order chi connectivity index (χ1) is 13.4. The minimum absolute atomic E-state index is 0. The Morgan fingerprint density at radius 2 is 2.00 bits per heavy atom. The summed E-state index contributed by atoms with van der Waals surface area (Å²) < 4.78 is 5.41. The van der Waals surface area contributed by atoms with Crippen molar-refractivity contribution in [1.82, 2.24) is 9.88 Å². The maximum atomic E-state index is 13.0. The molecule has 0 aliphatic carbocycles. The van der Waals surface area contributed by atoms with Crippen LogP contribution in [0.1, 0.15) is 0 Å². The molecule has 1 aromatic rings. The Balaban J connectivity index is 0.00000240. The van der Waals surface area contributed by atoms with Crippen molar-refractivity contribution in [3.63, 3.8) is 0 Å². The summed E-state index contributed by atoms with van der Waals surface area (Å²) in [4.78, 5) is 34.3. The van der Waals surface area contributed by atoms with Crippen LogP contribution in [0.3, 0.4) is 0 Å². The third-order valence-corrected chi connectivity index (χ3v) is 7.63. The van der Waals surface area contributed by atoms with Gasteiger partial charge in [-0.05, 0) is 12.1 Å². The van der Waals surface area contributed by atoms with Gasteiger partial charge in [0.05, 0.1) is 48.1 Å². The SMILES string of the molecule is C[N+]1([O-])CCN(C(=O)OC2C3=C(SCCS3)C(=O)N2c2ccc(Cl)cn2)CC1.Cl. The van der Waals surface area contributed by atoms with E-state index in [1.54, 1.807) is 19.2 Å². The van der Waals surface area contributed by atoms with E-state index in [9.17, 15) is 14.8 Å². The maximum absolute atomic E-state index is 13.0. The third-order valence-electron chi connectivity index (χ3n) is 4.80. The normalized spacial score (nSPS) is 23.6. The largest absolute Gasteiger partial charge is 0.633 e. The summed E-state index contributed by atoms with van der Waals surface area (Å²) in [5.41, 5.74) is 0. The second kappa shape index (κ2) is 8.91. The highest BCUT2D eigenvalue weighted by Gasteiger charge is 2.45. The first-order valence-corrected chi connectivity index (χ1v) is 11.2. The van der Waals surface area contributed by atoms with Gasteiger partial charge in [0, 0.05) is 17.7 Å². The lowest BCUT2D eigenvalue weighted by molar-refractivity contribution is -0.864. The molecular weight excluding hydrogens is 459 g/mol. The molecule has 3 aliphatic heterocycles. The number of quaternary nitrogens is 1. The topological polar surface area (TPSA) is 85.8 Å². The van der Waals surface area contributed by atoms with Crippen molar-refractivity contribution in [2.24, 2.45) is 0 Å². The number of ether oxygens (including phenoxy) is 1. The molecule has 8 nitrogen and oxygen atoms in total. The van der Waals surface area contributed by atoms with E-state index in [0.29, 0.717) is 41.9 Å². The van der Waals surface area contributed by atoms with Gasteiger partial charge in [0.1, 0.15) is 5.82 Å². The predicted molar refractivity (Wildman–Crippen MR) is 117 cm³/mol. The molecule has 2 amide bonds. The van der Waals surface area contributed by atoms with Crippen LogP contribution in [-0.2, 0) is 9.53 Å². The first-order valence-electron chi connectivity index (χ1n) is 8.82. The molecule has 1 unspecified atom stereocenters. The smallest absolute Gasteiger partial charge is 0.412 e. The summed E-state index contributed by atoms with van der Waals surface area (Å²) in [7, 11) is 1.60. The van der Waals surface area contributed by atoms with Gasteiger partial charge in [0.2, 0.25) is 6.23 Å². The fourth-order valence-corrected chi connectivity index (χ4v) is 5.73. The molecule has 0 bridgehead atoms. The second-order valence-corrected chi connectivity index (χ2v) is 9.55. The zero-order valence-corrected chi connectivity index (χ0v) is 18.8. The van der Waals surface area contributed by atoms with Crippen LogP contribution in [0.15, 0.2) is 28.1 Å². The van der Waals surface area contributed by atoms with Gasteiger partial charge in [0.25, 0.3) is 5.91 Å². The molecule has 12 heteroatoms. The Morgan fingerprint density at radius 3 is 2.66 bits per heavy atom. The summed E-state index contributed by atoms with van der Waals surface area (Å²) in [6, 6.07) is 3.28. The molecule has 1 fully saturated rings. The van der Waals surface area contributed by atoms with Gasteiger partial charge in [-0.2, -0.15) is 0 Å². The fourth-order valence-electron chi connectivity index (χ4n) is 3.20. The molecular formula is C17H20Cl2N4O4S2. The molecule has 29 heavy (non-hydrogen) atoms. The monoisotopic (exact) mass is 478 g/mol. The summed E-state index contributed by atoms with van der Waals surface area (Å²) in [6.45, 7) is 1.29. The van der Waals surface area contributed by atoms with E-state index in [1.165, 1.54) is 39.5 Å². The molecule has 0 N–H and O–H groups in total. The van der Waals surface area contributed by atoms with Crippen LogP contribution in [-0.4, -0.2) is 77.5 Å². The number of hydroxylamine groups is 3. The number of carbonyl (C=O) groups excluding carboxylic acids is 2. The van der Waals surface area contributed by atoms with Gasteiger partial charge in [-0.3, -0.25) is 9.69 Å². The van der Waals surface area contributed by atoms with Crippen molar-refractivity contribution in [2.45, 2.75) is 6.23 Å². The fraction of sp³-hybridized carbons (Fsp3) is 0.471. The molecule has 4 heterocycles. The van der Waals surface area contributed by atoms with Gasteiger partial charge in [-0.15, -0.1) is 35.9 Å². The van der Waals surface area contributed by atoms with Crippen LogP contribution in [0.25, 0.3) is 0 Å². The van der Waals surface area contributed by atoms with Crippen LogP contribution in [0.5, 0.6) is 0 Å². The number of hydrogen-bond donors (Lipinski definition) is 0. The average Bonchev–Trinajstić information content (AvgIpc) is 2.95. The van der Waals surface area contributed by atoms with Gasteiger partial charge in [-0.1, -0.05) is 11.6 Å². The highest BCUT2D eigenvalue weighted by atomic mass is 35.5. The third kappa shape index (κ3) is 4.62. The van der Waals surface area contributed by atoms with E-state index in [2.05, 4.69) is 4.98 Å². The number of aromatic nitrogens is 1. The molecule has 3 aliphatic rings. The number of nitrogens with zero attached hydrogens (tertiary/aromatic N) is 4. The van der Waals surface area contributed by atoms with E-state index in [-0.39, 0.29) is 23.0 Å². The van der Waals surface area contributed by atoms with E-state index in [0.717, 1.165) is 16.4 Å². The minimum atomic E-state index is -0.850.